The molecule has 2 aromatic carbocycles. The molecule has 1 aliphatic heterocycles. The molecule has 1 saturated heterocycles. The van der Waals surface area contributed by atoms with Gasteiger partial charge in [-0.1, -0.05) is 71.8 Å². The third-order valence-corrected chi connectivity index (χ3v) is 6.22. The number of fused-ring (bicyclic) bond motifs is 5. The summed E-state index contributed by atoms with van der Waals surface area (Å²) >= 11 is 0. The molecule has 0 spiro atoms. The fraction of sp³-hybridized carbons (Fsp3) is 0.250. The van der Waals surface area contributed by atoms with Gasteiger partial charge in [0.05, 0.1) is 17.5 Å². The molecule has 0 radical (unpaired) electrons. The van der Waals surface area contributed by atoms with E-state index >= 15 is 0 Å². The molecule has 2 fully saturated rings. The number of rotatable bonds is 2. The topological polar surface area (TPSA) is 37.4 Å². The SMILES string of the molecule is CC(C)=C1[C@H]2C=C[C@H]1[C@H]1C(=O)N(c3ccccc3-c3ccccc3)C(=O)[C@H]12. The molecule has 2 bridgehead atoms. The lowest BCUT2D eigenvalue weighted by atomic mass is 9.85. The summed E-state index contributed by atoms with van der Waals surface area (Å²) in [6, 6.07) is 17.6. The molecule has 134 valence electrons. The Morgan fingerprint density at radius 3 is 1.93 bits per heavy atom. The first-order valence-corrected chi connectivity index (χ1v) is 9.47. The lowest BCUT2D eigenvalue weighted by molar-refractivity contribution is -0.122. The maximum Gasteiger partial charge on any atom is 0.238 e. The second kappa shape index (κ2) is 5.78. The van der Waals surface area contributed by atoms with Crippen molar-refractivity contribution in [3.05, 3.63) is 77.9 Å². The van der Waals surface area contributed by atoms with Crippen LogP contribution in [0.25, 0.3) is 11.1 Å². The van der Waals surface area contributed by atoms with E-state index in [1.807, 2.05) is 54.6 Å². The number of anilines is 1. The molecule has 5 rings (SSSR count). The largest absolute Gasteiger partial charge is 0.274 e. The van der Waals surface area contributed by atoms with Crippen molar-refractivity contribution in [2.24, 2.45) is 23.7 Å². The molecule has 3 nitrogen and oxygen atoms in total. The first-order chi connectivity index (χ1) is 13.1. The van der Waals surface area contributed by atoms with Gasteiger partial charge in [0, 0.05) is 17.4 Å². The van der Waals surface area contributed by atoms with E-state index in [-0.39, 0.29) is 35.5 Å². The third-order valence-electron chi connectivity index (χ3n) is 6.22. The van der Waals surface area contributed by atoms with Crippen LogP contribution in [0.2, 0.25) is 0 Å². The highest BCUT2D eigenvalue weighted by Gasteiger charge is 2.62. The molecule has 4 atom stereocenters. The van der Waals surface area contributed by atoms with E-state index in [1.165, 1.54) is 16.0 Å². The number of carbonyl (C=O) groups excluding carboxylic acids is 2. The Morgan fingerprint density at radius 1 is 0.778 bits per heavy atom. The number of hydrogen-bond donors (Lipinski definition) is 0. The van der Waals surface area contributed by atoms with Crippen molar-refractivity contribution in [3.63, 3.8) is 0 Å². The number of nitrogens with zero attached hydrogens (tertiary/aromatic N) is 1. The van der Waals surface area contributed by atoms with Crippen molar-refractivity contribution in [3.8, 4) is 11.1 Å². The van der Waals surface area contributed by atoms with Gasteiger partial charge in [-0.3, -0.25) is 9.59 Å². The van der Waals surface area contributed by atoms with E-state index in [2.05, 4.69) is 26.0 Å². The number of allylic oxidation sites excluding steroid dienone is 4. The molecule has 0 N–H and O–H groups in total. The summed E-state index contributed by atoms with van der Waals surface area (Å²) in [5, 5.41) is 0. The summed E-state index contributed by atoms with van der Waals surface area (Å²) in [6.45, 7) is 4.17. The highest BCUT2D eigenvalue weighted by Crippen LogP contribution is 2.57. The van der Waals surface area contributed by atoms with E-state index in [0.717, 1.165) is 11.1 Å². The second-order valence-electron chi connectivity index (χ2n) is 7.84. The van der Waals surface area contributed by atoms with Crippen LogP contribution in [-0.2, 0) is 9.59 Å². The van der Waals surface area contributed by atoms with Gasteiger partial charge in [-0.05, 0) is 25.5 Å². The zero-order valence-electron chi connectivity index (χ0n) is 15.4. The van der Waals surface area contributed by atoms with Gasteiger partial charge in [0.25, 0.3) is 0 Å². The smallest absolute Gasteiger partial charge is 0.238 e. The number of para-hydroxylation sites is 1. The molecule has 2 aromatic rings. The molecule has 27 heavy (non-hydrogen) atoms. The van der Waals surface area contributed by atoms with E-state index < -0.39 is 0 Å². The number of carbonyl (C=O) groups is 2. The highest BCUT2D eigenvalue weighted by molar-refractivity contribution is 6.24. The average molecular weight is 355 g/mol. The number of benzene rings is 2. The van der Waals surface area contributed by atoms with Crippen LogP contribution in [0.4, 0.5) is 5.69 Å². The highest BCUT2D eigenvalue weighted by atomic mass is 16.2. The summed E-state index contributed by atoms with van der Waals surface area (Å²) in [7, 11) is 0. The van der Waals surface area contributed by atoms with Gasteiger partial charge >= 0.3 is 0 Å². The van der Waals surface area contributed by atoms with Crippen LogP contribution < -0.4 is 4.90 Å². The summed E-state index contributed by atoms with van der Waals surface area (Å²) < 4.78 is 0. The van der Waals surface area contributed by atoms with Gasteiger partial charge < -0.3 is 0 Å². The normalized spacial score (nSPS) is 28.2. The predicted octanol–water partition coefficient (Wildman–Crippen LogP) is 4.61. The Hall–Kier alpha value is -2.94. The standard InChI is InChI=1S/C24H21NO2/c1-14(2)20-17-12-13-18(20)22-21(17)23(26)25(24(22)27)19-11-7-6-10-16(19)15-8-4-3-5-9-15/h3-13,17-18,21-22H,1-2H3/t17-,18-,21-,22+/m1/s1. The number of amides is 2. The fourth-order valence-corrected chi connectivity index (χ4v) is 5.20. The molecule has 3 heteroatoms. The zero-order valence-corrected chi connectivity index (χ0v) is 15.4. The van der Waals surface area contributed by atoms with Crippen molar-refractivity contribution < 1.29 is 9.59 Å². The zero-order chi connectivity index (χ0) is 18.7. The van der Waals surface area contributed by atoms with Gasteiger partial charge in [0.1, 0.15) is 0 Å². The van der Waals surface area contributed by atoms with Crippen LogP contribution >= 0.6 is 0 Å². The molecular formula is C24H21NO2. The van der Waals surface area contributed by atoms with Crippen LogP contribution in [0.1, 0.15) is 13.8 Å². The molecule has 1 saturated carbocycles. The van der Waals surface area contributed by atoms with Crippen molar-refractivity contribution in [2.75, 3.05) is 4.90 Å². The van der Waals surface area contributed by atoms with Gasteiger partial charge in [0.15, 0.2) is 0 Å². The minimum absolute atomic E-state index is 0.0519. The number of imide groups is 1. The Labute approximate surface area is 159 Å². The Kier molecular flexibility index (Phi) is 3.48. The van der Waals surface area contributed by atoms with Crippen LogP contribution in [-0.4, -0.2) is 11.8 Å². The van der Waals surface area contributed by atoms with Crippen molar-refractivity contribution in [2.45, 2.75) is 13.8 Å². The first-order valence-electron chi connectivity index (χ1n) is 9.47. The van der Waals surface area contributed by atoms with E-state index in [0.29, 0.717) is 5.69 Å². The van der Waals surface area contributed by atoms with Crippen LogP contribution in [0.3, 0.4) is 0 Å². The summed E-state index contributed by atoms with van der Waals surface area (Å²) in [5.74, 6) is -0.443. The molecule has 2 amide bonds. The van der Waals surface area contributed by atoms with Crippen LogP contribution in [0.5, 0.6) is 0 Å². The van der Waals surface area contributed by atoms with Crippen molar-refractivity contribution in [1.29, 1.82) is 0 Å². The average Bonchev–Trinajstić information content (AvgIpc) is 3.32. The summed E-state index contributed by atoms with van der Waals surface area (Å²) in [6.07, 6.45) is 4.26. The maximum absolute atomic E-state index is 13.4. The summed E-state index contributed by atoms with van der Waals surface area (Å²) in [4.78, 5) is 28.2. The fourth-order valence-electron chi connectivity index (χ4n) is 5.20. The van der Waals surface area contributed by atoms with E-state index in [9.17, 15) is 9.59 Å². The minimum Gasteiger partial charge on any atom is -0.274 e. The van der Waals surface area contributed by atoms with Gasteiger partial charge in [-0.15, -0.1) is 0 Å². The molecule has 0 unspecified atom stereocenters. The van der Waals surface area contributed by atoms with Crippen LogP contribution in [0, 0.1) is 23.7 Å². The molecule has 0 aromatic heterocycles. The molecule has 3 aliphatic rings. The van der Waals surface area contributed by atoms with Gasteiger partial charge in [0.2, 0.25) is 11.8 Å². The van der Waals surface area contributed by atoms with E-state index in [4.69, 9.17) is 0 Å². The third kappa shape index (κ3) is 2.14. The predicted molar refractivity (Wildman–Crippen MR) is 106 cm³/mol. The molecule has 1 heterocycles. The molecule has 2 aliphatic carbocycles. The minimum atomic E-state index is -0.249. The van der Waals surface area contributed by atoms with Gasteiger partial charge in [-0.2, -0.15) is 0 Å². The van der Waals surface area contributed by atoms with Crippen molar-refractivity contribution >= 4 is 17.5 Å². The second-order valence-corrected chi connectivity index (χ2v) is 7.84. The quantitative estimate of drug-likeness (QED) is 0.583. The molecular weight excluding hydrogens is 334 g/mol. The first kappa shape index (κ1) is 16.2. The Morgan fingerprint density at radius 2 is 1.33 bits per heavy atom. The monoisotopic (exact) mass is 355 g/mol. The lowest BCUT2D eigenvalue weighted by Crippen LogP contribution is -2.33. The number of hydrogen-bond acceptors (Lipinski definition) is 2. The van der Waals surface area contributed by atoms with E-state index in [1.54, 1.807) is 0 Å². The lowest BCUT2D eigenvalue weighted by Gasteiger charge is -2.22. The summed E-state index contributed by atoms with van der Waals surface area (Å²) in [5.41, 5.74) is 5.15. The van der Waals surface area contributed by atoms with Gasteiger partial charge in [-0.25, -0.2) is 4.90 Å². The van der Waals surface area contributed by atoms with Crippen molar-refractivity contribution in [1.82, 2.24) is 0 Å². The Bertz CT molecular complexity index is 980. The maximum atomic E-state index is 13.4. The Balaban J connectivity index is 1.60. The van der Waals surface area contributed by atoms with Crippen LogP contribution in [0.15, 0.2) is 77.9 Å².